The Balaban J connectivity index is 1.37. The predicted molar refractivity (Wildman–Crippen MR) is 127 cm³/mol. The van der Waals surface area contributed by atoms with Crippen molar-refractivity contribution in [3.05, 3.63) is 64.6 Å². The highest BCUT2D eigenvalue weighted by Crippen LogP contribution is 2.26. The molecule has 2 N–H and O–H groups in total. The van der Waals surface area contributed by atoms with Gasteiger partial charge < -0.3 is 15.5 Å². The van der Waals surface area contributed by atoms with Crippen LogP contribution in [-0.4, -0.2) is 29.3 Å². The molecule has 0 bridgehead atoms. The van der Waals surface area contributed by atoms with Crippen molar-refractivity contribution in [3.63, 3.8) is 0 Å². The second kappa shape index (κ2) is 9.54. The maximum Gasteiger partial charge on any atom is 0.323 e. The number of amides is 2. The zero-order valence-corrected chi connectivity index (χ0v) is 18.6. The van der Waals surface area contributed by atoms with E-state index in [-0.39, 0.29) is 0 Å². The lowest BCUT2D eigenvalue weighted by atomic mass is 9.99. The molecule has 0 radical (unpaired) electrons. The molecule has 0 unspecified atom stereocenters. The number of hydrogen-bond acceptors (Lipinski definition) is 4. The first-order valence-electron chi connectivity index (χ1n) is 10.2. The van der Waals surface area contributed by atoms with E-state index in [1.165, 1.54) is 12.8 Å². The van der Waals surface area contributed by atoms with Gasteiger partial charge in [0.2, 0.25) is 0 Å². The number of benzene rings is 2. The lowest BCUT2D eigenvalue weighted by Gasteiger charge is -2.30. The second-order valence-electron chi connectivity index (χ2n) is 7.73. The third-order valence-corrected chi connectivity index (χ3v) is 5.94. The number of anilines is 3. The molecule has 2 aromatic carbocycles. The summed E-state index contributed by atoms with van der Waals surface area (Å²) in [5.74, 6) is 1.70. The minimum Gasteiger partial charge on any atom is -0.355 e. The van der Waals surface area contributed by atoms with Gasteiger partial charge in [-0.15, -0.1) is 10.2 Å². The first-order chi connectivity index (χ1) is 15.0. The van der Waals surface area contributed by atoms with E-state index in [0.29, 0.717) is 21.4 Å². The summed E-state index contributed by atoms with van der Waals surface area (Å²) in [6.45, 7) is 4.34. The van der Waals surface area contributed by atoms with E-state index in [1.54, 1.807) is 18.2 Å². The Morgan fingerprint density at radius 2 is 1.71 bits per heavy atom. The van der Waals surface area contributed by atoms with Gasteiger partial charge in [-0.25, -0.2) is 4.79 Å². The van der Waals surface area contributed by atoms with Crippen LogP contribution in [0.5, 0.6) is 0 Å². The molecule has 6 nitrogen and oxygen atoms in total. The summed E-state index contributed by atoms with van der Waals surface area (Å²) in [5.41, 5.74) is 2.80. The third-order valence-electron chi connectivity index (χ3n) is 5.37. The van der Waals surface area contributed by atoms with Gasteiger partial charge in [0, 0.05) is 29.4 Å². The van der Waals surface area contributed by atoms with E-state index in [0.717, 1.165) is 36.1 Å². The van der Waals surface area contributed by atoms with Crippen LogP contribution in [0, 0.1) is 5.92 Å². The normalized spacial score (nSPS) is 14.4. The summed E-state index contributed by atoms with van der Waals surface area (Å²) < 4.78 is 0. The van der Waals surface area contributed by atoms with Gasteiger partial charge in [-0.1, -0.05) is 42.3 Å². The number of aromatic nitrogens is 2. The Bertz CT molecular complexity index is 1050. The molecule has 4 rings (SSSR count). The van der Waals surface area contributed by atoms with E-state index in [2.05, 4.69) is 32.7 Å². The number of nitrogens with one attached hydrogen (secondary N) is 2. The van der Waals surface area contributed by atoms with E-state index >= 15 is 0 Å². The van der Waals surface area contributed by atoms with Crippen LogP contribution in [0.25, 0.3) is 11.3 Å². The fraction of sp³-hybridized carbons (Fsp3) is 0.261. The molecule has 1 fully saturated rings. The lowest BCUT2D eigenvalue weighted by Crippen LogP contribution is -2.33. The largest absolute Gasteiger partial charge is 0.355 e. The minimum atomic E-state index is -0.406. The molecule has 1 aromatic heterocycles. The number of hydrogen-bond donors (Lipinski definition) is 2. The topological polar surface area (TPSA) is 70.2 Å². The van der Waals surface area contributed by atoms with Gasteiger partial charge >= 0.3 is 6.03 Å². The van der Waals surface area contributed by atoms with Gasteiger partial charge in [-0.2, -0.15) is 0 Å². The molecule has 1 aliphatic heterocycles. The molecule has 0 spiro atoms. The average Bonchev–Trinajstić information content (AvgIpc) is 2.77. The molecular formula is C23H23Cl2N5O. The number of urea groups is 1. The number of halogens is 2. The van der Waals surface area contributed by atoms with Crippen molar-refractivity contribution in [2.75, 3.05) is 28.6 Å². The molecular weight excluding hydrogens is 433 g/mol. The van der Waals surface area contributed by atoms with Crippen molar-refractivity contribution in [2.24, 2.45) is 5.92 Å². The number of piperidine rings is 1. The lowest BCUT2D eigenvalue weighted by molar-refractivity contribution is 0.262. The monoisotopic (exact) mass is 455 g/mol. The molecule has 31 heavy (non-hydrogen) atoms. The minimum absolute atomic E-state index is 0.406. The summed E-state index contributed by atoms with van der Waals surface area (Å²) in [5, 5.41) is 15.2. The molecule has 2 heterocycles. The van der Waals surface area contributed by atoms with Gasteiger partial charge in [0.1, 0.15) is 0 Å². The first-order valence-corrected chi connectivity index (χ1v) is 11.0. The maximum absolute atomic E-state index is 12.3. The Kier molecular flexibility index (Phi) is 6.59. The summed E-state index contributed by atoms with van der Waals surface area (Å²) in [6, 6.07) is 15.9. The summed E-state index contributed by atoms with van der Waals surface area (Å²) >= 11 is 12.0. The van der Waals surface area contributed by atoms with Gasteiger partial charge in [-0.3, -0.25) is 0 Å². The summed E-state index contributed by atoms with van der Waals surface area (Å²) in [4.78, 5) is 14.5. The number of nitrogens with zero attached hydrogens (tertiary/aromatic N) is 3. The zero-order chi connectivity index (χ0) is 21.8. The highest BCUT2D eigenvalue weighted by atomic mass is 35.5. The zero-order valence-electron chi connectivity index (χ0n) is 17.1. The molecule has 8 heteroatoms. The standard InChI is InChI=1S/C23H23Cl2N5O/c1-15-10-12-30(13-11-15)22-9-8-20(28-29-22)16-2-5-18(6-3-16)26-23(31)27-21-14-17(24)4-7-19(21)25/h2-9,14-15H,10-13H2,1H3,(H2,26,27,31). The second-order valence-corrected chi connectivity index (χ2v) is 8.57. The maximum atomic E-state index is 12.3. The Morgan fingerprint density at radius 3 is 2.39 bits per heavy atom. The predicted octanol–water partition coefficient (Wildman–Crippen LogP) is 6.33. The first kappa shape index (κ1) is 21.4. The van der Waals surface area contributed by atoms with Crippen LogP contribution < -0.4 is 15.5 Å². The van der Waals surface area contributed by atoms with E-state index in [4.69, 9.17) is 23.2 Å². The molecule has 160 valence electrons. The van der Waals surface area contributed by atoms with Crippen molar-refractivity contribution >= 4 is 46.4 Å². The highest BCUT2D eigenvalue weighted by molar-refractivity contribution is 6.35. The molecule has 2 amide bonds. The average molecular weight is 456 g/mol. The number of rotatable bonds is 4. The molecule has 0 saturated carbocycles. The van der Waals surface area contributed by atoms with Gasteiger partial charge in [0.15, 0.2) is 5.82 Å². The Hall–Kier alpha value is -2.83. The highest BCUT2D eigenvalue weighted by Gasteiger charge is 2.17. The molecule has 1 aliphatic rings. The quantitative estimate of drug-likeness (QED) is 0.481. The SMILES string of the molecule is CC1CCN(c2ccc(-c3ccc(NC(=O)Nc4cc(Cl)ccc4Cl)cc3)nn2)CC1. The van der Waals surface area contributed by atoms with Crippen LogP contribution in [0.1, 0.15) is 19.8 Å². The van der Waals surface area contributed by atoms with Gasteiger partial charge in [-0.05, 0) is 61.2 Å². The van der Waals surface area contributed by atoms with Crippen LogP contribution in [-0.2, 0) is 0 Å². The molecule has 1 saturated heterocycles. The van der Waals surface area contributed by atoms with Crippen LogP contribution in [0.2, 0.25) is 10.0 Å². The van der Waals surface area contributed by atoms with Crippen molar-refractivity contribution in [1.82, 2.24) is 10.2 Å². The Labute approximate surface area is 191 Å². The molecule has 0 atom stereocenters. The van der Waals surface area contributed by atoms with Crippen molar-refractivity contribution in [1.29, 1.82) is 0 Å². The van der Waals surface area contributed by atoms with Crippen molar-refractivity contribution in [2.45, 2.75) is 19.8 Å². The fourth-order valence-corrected chi connectivity index (χ4v) is 3.82. The van der Waals surface area contributed by atoms with Crippen LogP contribution >= 0.6 is 23.2 Å². The third kappa shape index (κ3) is 5.46. The van der Waals surface area contributed by atoms with Crippen molar-refractivity contribution < 1.29 is 4.79 Å². The summed E-state index contributed by atoms with van der Waals surface area (Å²) in [6.07, 6.45) is 2.38. The number of carbonyl (C=O) groups is 1. The van der Waals surface area contributed by atoms with Crippen LogP contribution in [0.3, 0.4) is 0 Å². The summed E-state index contributed by atoms with van der Waals surface area (Å²) in [7, 11) is 0. The van der Waals surface area contributed by atoms with Crippen molar-refractivity contribution in [3.8, 4) is 11.3 Å². The van der Waals surface area contributed by atoms with Crippen LogP contribution in [0.15, 0.2) is 54.6 Å². The molecule has 0 aliphatic carbocycles. The van der Waals surface area contributed by atoms with E-state index < -0.39 is 6.03 Å². The van der Waals surface area contributed by atoms with Gasteiger partial charge in [0.05, 0.1) is 16.4 Å². The molecule has 3 aromatic rings. The fourth-order valence-electron chi connectivity index (χ4n) is 3.49. The van der Waals surface area contributed by atoms with E-state index in [9.17, 15) is 4.79 Å². The van der Waals surface area contributed by atoms with Crippen LogP contribution in [0.4, 0.5) is 22.0 Å². The Morgan fingerprint density at radius 1 is 0.968 bits per heavy atom. The van der Waals surface area contributed by atoms with Gasteiger partial charge in [0.25, 0.3) is 0 Å². The van der Waals surface area contributed by atoms with E-state index in [1.807, 2.05) is 36.4 Å². The number of carbonyl (C=O) groups excluding carboxylic acids is 1. The smallest absolute Gasteiger partial charge is 0.323 e.